The highest BCUT2D eigenvalue weighted by molar-refractivity contribution is 5.99. The Morgan fingerprint density at radius 1 is 1.14 bits per heavy atom. The number of nitrogens with two attached hydrogens (primary N) is 1. The lowest BCUT2D eigenvalue weighted by atomic mass is 10.1. The van der Waals surface area contributed by atoms with Crippen molar-refractivity contribution in [3.63, 3.8) is 0 Å². The van der Waals surface area contributed by atoms with Crippen molar-refractivity contribution in [3.05, 3.63) is 60.3 Å². The predicted molar refractivity (Wildman–Crippen MR) is 85.4 cm³/mol. The van der Waals surface area contributed by atoms with E-state index in [-0.39, 0.29) is 0 Å². The molecule has 1 heterocycles. The van der Waals surface area contributed by atoms with Crippen molar-refractivity contribution < 1.29 is 0 Å². The third-order valence-corrected chi connectivity index (χ3v) is 3.50. The monoisotopic (exact) mass is 274 g/mol. The number of rotatable bonds is 2. The molecule has 0 amide bonds. The number of fused-ring (bicyclic) bond motifs is 1. The topological polar surface area (TPSA) is 65.9 Å². The summed E-state index contributed by atoms with van der Waals surface area (Å²) < 4.78 is 0. The molecular formula is C17H14N4. The number of hydrogen-bond acceptors (Lipinski definition) is 4. The molecule has 2 N–H and O–H groups in total. The molecule has 0 unspecified atom stereocenters. The van der Waals surface area contributed by atoms with Gasteiger partial charge in [0.2, 0.25) is 0 Å². The largest absolute Gasteiger partial charge is 0.397 e. The fourth-order valence-corrected chi connectivity index (χ4v) is 2.40. The molecule has 0 aliphatic carbocycles. The number of nitrogen functional groups attached to an aromatic ring is 1. The van der Waals surface area contributed by atoms with Gasteiger partial charge in [-0.15, -0.1) is 0 Å². The van der Waals surface area contributed by atoms with Gasteiger partial charge in [0.15, 0.2) is 0 Å². The number of pyridine rings is 1. The molecule has 3 aromatic rings. The van der Waals surface area contributed by atoms with Gasteiger partial charge in [-0.05, 0) is 42.5 Å². The molecule has 3 rings (SSSR count). The van der Waals surface area contributed by atoms with Gasteiger partial charge in [-0.25, -0.2) is 0 Å². The Labute approximate surface area is 123 Å². The van der Waals surface area contributed by atoms with Crippen LogP contribution in [0.1, 0.15) is 5.56 Å². The average Bonchev–Trinajstić information content (AvgIpc) is 2.55. The highest BCUT2D eigenvalue weighted by atomic mass is 15.1. The van der Waals surface area contributed by atoms with Crippen LogP contribution < -0.4 is 10.6 Å². The maximum Gasteiger partial charge on any atom is 0.0992 e. The van der Waals surface area contributed by atoms with Gasteiger partial charge in [0.25, 0.3) is 0 Å². The first kappa shape index (κ1) is 12.9. The minimum absolute atomic E-state index is 0.636. The van der Waals surface area contributed by atoms with Gasteiger partial charge in [0.1, 0.15) is 0 Å². The molecule has 4 heteroatoms. The molecule has 0 aliphatic heterocycles. The lowest BCUT2D eigenvalue weighted by Gasteiger charge is -2.21. The van der Waals surface area contributed by atoms with Crippen molar-refractivity contribution in [3.8, 4) is 6.07 Å². The Kier molecular flexibility index (Phi) is 3.17. The number of hydrogen-bond donors (Lipinski definition) is 1. The summed E-state index contributed by atoms with van der Waals surface area (Å²) in [6.07, 6.45) is 1.73. The number of aromatic nitrogens is 1. The van der Waals surface area contributed by atoms with E-state index in [0.717, 1.165) is 22.3 Å². The quantitative estimate of drug-likeness (QED) is 0.727. The van der Waals surface area contributed by atoms with Gasteiger partial charge in [-0.3, -0.25) is 4.98 Å². The molecule has 0 saturated heterocycles. The third-order valence-electron chi connectivity index (χ3n) is 3.50. The second-order valence-corrected chi connectivity index (χ2v) is 4.79. The third kappa shape index (κ3) is 2.26. The number of benzene rings is 2. The van der Waals surface area contributed by atoms with Crippen LogP contribution >= 0.6 is 0 Å². The van der Waals surface area contributed by atoms with Crippen molar-refractivity contribution in [2.75, 3.05) is 17.7 Å². The first-order chi connectivity index (χ1) is 10.2. The van der Waals surface area contributed by atoms with Crippen molar-refractivity contribution in [1.82, 2.24) is 4.98 Å². The van der Waals surface area contributed by atoms with E-state index in [9.17, 15) is 0 Å². The van der Waals surface area contributed by atoms with Gasteiger partial charge in [0.05, 0.1) is 28.5 Å². The molecule has 0 aliphatic rings. The maximum absolute atomic E-state index is 9.03. The van der Waals surface area contributed by atoms with E-state index >= 15 is 0 Å². The van der Waals surface area contributed by atoms with Crippen LogP contribution in [0.15, 0.2) is 54.7 Å². The van der Waals surface area contributed by atoms with E-state index in [1.54, 1.807) is 12.3 Å². The lowest BCUT2D eigenvalue weighted by molar-refractivity contribution is 1.22. The summed E-state index contributed by atoms with van der Waals surface area (Å²) in [4.78, 5) is 6.38. The van der Waals surface area contributed by atoms with Crippen LogP contribution in [0, 0.1) is 11.3 Å². The summed E-state index contributed by atoms with van der Waals surface area (Å²) in [7, 11) is 1.97. The molecule has 4 nitrogen and oxygen atoms in total. The van der Waals surface area contributed by atoms with Gasteiger partial charge in [-0.1, -0.05) is 6.07 Å². The minimum atomic E-state index is 0.636. The van der Waals surface area contributed by atoms with Crippen LogP contribution in [-0.4, -0.2) is 12.0 Å². The fourth-order valence-electron chi connectivity index (χ4n) is 2.40. The Morgan fingerprint density at radius 3 is 2.81 bits per heavy atom. The summed E-state index contributed by atoms with van der Waals surface area (Å²) >= 11 is 0. The van der Waals surface area contributed by atoms with E-state index in [1.165, 1.54) is 0 Å². The van der Waals surface area contributed by atoms with Gasteiger partial charge >= 0.3 is 0 Å². The van der Waals surface area contributed by atoms with Gasteiger partial charge in [-0.2, -0.15) is 5.26 Å². The predicted octanol–water partition coefficient (Wildman–Crippen LogP) is 3.46. The van der Waals surface area contributed by atoms with Crippen molar-refractivity contribution >= 4 is 28.0 Å². The minimum Gasteiger partial charge on any atom is -0.397 e. The second kappa shape index (κ2) is 5.14. The van der Waals surface area contributed by atoms with Crippen molar-refractivity contribution in [1.29, 1.82) is 5.26 Å². The number of anilines is 3. The molecule has 0 atom stereocenters. The summed E-state index contributed by atoms with van der Waals surface area (Å²) in [5.74, 6) is 0. The first-order valence-electron chi connectivity index (χ1n) is 6.58. The van der Waals surface area contributed by atoms with Gasteiger partial charge in [0, 0.05) is 24.3 Å². The normalized spacial score (nSPS) is 10.3. The molecule has 0 radical (unpaired) electrons. The summed E-state index contributed by atoms with van der Waals surface area (Å²) in [5, 5.41) is 10.0. The Balaban J connectivity index is 2.16. The average molecular weight is 274 g/mol. The summed E-state index contributed by atoms with van der Waals surface area (Å²) in [6, 6.07) is 17.4. The second-order valence-electron chi connectivity index (χ2n) is 4.79. The van der Waals surface area contributed by atoms with E-state index in [1.807, 2.05) is 54.4 Å². The lowest BCUT2D eigenvalue weighted by Crippen LogP contribution is -2.10. The zero-order chi connectivity index (χ0) is 14.8. The standard InChI is InChI=1S/C17H14N4/c1-21(13-5-2-4-12(10-13)11-18)16-8-7-15(19)17-14(16)6-3-9-20-17/h2-10H,19H2,1H3. The molecule has 1 aromatic heterocycles. The molecule has 0 saturated carbocycles. The van der Waals surface area contributed by atoms with E-state index in [4.69, 9.17) is 11.0 Å². The van der Waals surface area contributed by atoms with Crippen LogP contribution in [0.4, 0.5) is 17.1 Å². The van der Waals surface area contributed by atoms with Crippen LogP contribution in [0.5, 0.6) is 0 Å². The first-order valence-corrected chi connectivity index (χ1v) is 6.58. The fraction of sp³-hybridized carbons (Fsp3) is 0.0588. The van der Waals surface area contributed by atoms with E-state index in [2.05, 4.69) is 11.1 Å². The molecule has 0 bridgehead atoms. The molecule has 0 fully saturated rings. The number of nitriles is 1. The molecule has 102 valence electrons. The molecular weight excluding hydrogens is 260 g/mol. The van der Waals surface area contributed by atoms with Crippen molar-refractivity contribution in [2.24, 2.45) is 0 Å². The van der Waals surface area contributed by atoms with E-state index in [0.29, 0.717) is 11.3 Å². The highest BCUT2D eigenvalue weighted by Crippen LogP contribution is 2.33. The zero-order valence-electron chi connectivity index (χ0n) is 11.6. The molecule has 0 spiro atoms. The molecule has 21 heavy (non-hydrogen) atoms. The van der Waals surface area contributed by atoms with Crippen LogP contribution in [-0.2, 0) is 0 Å². The highest BCUT2D eigenvalue weighted by Gasteiger charge is 2.10. The molecule has 2 aromatic carbocycles. The number of nitrogens with zero attached hydrogens (tertiary/aromatic N) is 3. The Hall–Kier alpha value is -3.06. The summed E-state index contributed by atoms with van der Waals surface area (Å²) in [6.45, 7) is 0. The maximum atomic E-state index is 9.03. The Morgan fingerprint density at radius 2 is 2.00 bits per heavy atom. The summed E-state index contributed by atoms with van der Waals surface area (Å²) in [5.41, 5.74) is 10.0. The van der Waals surface area contributed by atoms with Crippen LogP contribution in [0.25, 0.3) is 10.9 Å². The smallest absolute Gasteiger partial charge is 0.0992 e. The zero-order valence-corrected chi connectivity index (χ0v) is 11.6. The SMILES string of the molecule is CN(c1cccc(C#N)c1)c1ccc(N)c2ncccc12. The Bertz CT molecular complexity index is 849. The van der Waals surface area contributed by atoms with E-state index < -0.39 is 0 Å². The van der Waals surface area contributed by atoms with Crippen LogP contribution in [0.2, 0.25) is 0 Å². The van der Waals surface area contributed by atoms with Gasteiger partial charge < -0.3 is 10.6 Å². The van der Waals surface area contributed by atoms with Crippen molar-refractivity contribution in [2.45, 2.75) is 0 Å². The van der Waals surface area contributed by atoms with Crippen LogP contribution in [0.3, 0.4) is 0 Å².